The average Bonchev–Trinajstić information content (AvgIpc) is 2.78. The van der Waals surface area contributed by atoms with Crippen LogP contribution in [-0.2, 0) is 4.74 Å². The molecular weight excluding hydrogens is 208 g/mol. The number of rotatable bonds is 8. The second-order valence-corrected chi connectivity index (χ2v) is 4.52. The molecule has 1 aliphatic rings. The van der Waals surface area contributed by atoms with Gasteiger partial charge in [0.15, 0.2) is 0 Å². The molecular formula is C16H26O. The van der Waals surface area contributed by atoms with Crippen LogP contribution in [0.25, 0.3) is 0 Å². The Morgan fingerprint density at radius 1 is 1.12 bits per heavy atom. The highest BCUT2D eigenvalue weighted by Crippen LogP contribution is 2.24. The van der Waals surface area contributed by atoms with Crippen LogP contribution in [0.3, 0.4) is 0 Å². The van der Waals surface area contributed by atoms with Gasteiger partial charge in [0.1, 0.15) is 6.10 Å². The maximum absolute atomic E-state index is 5.92. The minimum Gasteiger partial charge on any atom is -0.495 e. The lowest BCUT2D eigenvalue weighted by molar-refractivity contribution is 0.130. The van der Waals surface area contributed by atoms with Crippen molar-refractivity contribution in [2.45, 2.75) is 64.9 Å². The summed E-state index contributed by atoms with van der Waals surface area (Å²) < 4.78 is 5.92. The van der Waals surface area contributed by atoms with Crippen molar-refractivity contribution in [2.75, 3.05) is 0 Å². The van der Waals surface area contributed by atoms with Crippen LogP contribution in [0.2, 0.25) is 0 Å². The van der Waals surface area contributed by atoms with Gasteiger partial charge in [-0.1, -0.05) is 38.2 Å². The number of hydrogen-bond acceptors (Lipinski definition) is 1. The molecule has 1 rings (SSSR count). The highest BCUT2D eigenvalue weighted by atomic mass is 16.5. The Labute approximate surface area is 106 Å². The molecule has 0 radical (unpaired) electrons. The molecule has 0 bridgehead atoms. The van der Waals surface area contributed by atoms with Crippen molar-refractivity contribution >= 4 is 0 Å². The Kier molecular flexibility index (Phi) is 7.53. The van der Waals surface area contributed by atoms with Crippen molar-refractivity contribution in [3.63, 3.8) is 0 Å². The molecule has 0 amide bonds. The molecule has 1 aliphatic heterocycles. The summed E-state index contributed by atoms with van der Waals surface area (Å²) >= 11 is 0. The SMILES string of the molecule is CCC=CCCC1=CCC(CCC=CCC)O1. The number of hydrogen-bond donors (Lipinski definition) is 0. The predicted octanol–water partition coefficient (Wildman–Crippen LogP) is 5.15. The third-order valence-corrected chi connectivity index (χ3v) is 2.94. The second kappa shape index (κ2) is 9.09. The van der Waals surface area contributed by atoms with Crippen LogP contribution in [0.5, 0.6) is 0 Å². The van der Waals surface area contributed by atoms with Crippen LogP contribution in [0.4, 0.5) is 0 Å². The molecule has 1 heteroatoms. The summed E-state index contributed by atoms with van der Waals surface area (Å²) in [5.74, 6) is 1.20. The molecule has 1 nitrogen and oxygen atoms in total. The lowest BCUT2D eigenvalue weighted by atomic mass is 10.1. The van der Waals surface area contributed by atoms with Crippen molar-refractivity contribution in [3.05, 3.63) is 36.1 Å². The average molecular weight is 234 g/mol. The summed E-state index contributed by atoms with van der Waals surface area (Å²) in [4.78, 5) is 0. The Morgan fingerprint density at radius 2 is 1.82 bits per heavy atom. The van der Waals surface area contributed by atoms with E-state index in [-0.39, 0.29) is 0 Å². The van der Waals surface area contributed by atoms with Gasteiger partial charge < -0.3 is 4.74 Å². The van der Waals surface area contributed by atoms with Gasteiger partial charge in [0.2, 0.25) is 0 Å². The molecule has 17 heavy (non-hydrogen) atoms. The zero-order valence-corrected chi connectivity index (χ0v) is 11.3. The molecule has 1 heterocycles. The van der Waals surface area contributed by atoms with Crippen LogP contribution < -0.4 is 0 Å². The summed E-state index contributed by atoms with van der Waals surface area (Å²) in [6, 6.07) is 0. The first-order chi connectivity index (χ1) is 8.36. The predicted molar refractivity (Wildman–Crippen MR) is 74.9 cm³/mol. The maximum Gasteiger partial charge on any atom is 0.102 e. The van der Waals surface area contributed by atoms with E-state index in [1.54, 1.807) is 0 Å². The normalized spacial score (nSPS) is 20.1. The number of allylic oxidation sites excluding steroid dienone is 5. The smallest absolute Gasteiger partial charge is 0.102 e. The first-order valence-electron chi connectivity index (χ1n) is 7.02. The van der Waals surface area contributed by atoms with E-state index in [0.717, 1.165) is 44.9 Å². The lowest BCUT2D eigenvalue weighted by Crippen LogP contribution is -2.05. The third kappa shape index (κ3) is 6.35. The van der Waals surface area contributed by atoms with Gasteiger partial charge in [-0.05, 0) is 38.2 Å². The molecule has 1 unspecified atom stereocenters. The zero-order valence-electron chi connectivity index (χ0n) is 11.3. The summed E-state index contributed by atoms with van der Waals surface area (Å²) in [5.41, 5.74) is 0. The maximum atomic E-state index is 5.92. The van der Waals surface area contributed by atoms with Crippen molar-refractivity contribution in [1.82, 2.24) is 0 Å². The fraction of sp³-hybridized carbons (Fsp3) is 0.625. The molecule has 1 atom stereocenters. The van der Waals surface area contributed by atoms with Crippen LogP contribution >= 0.6 is 0 Å². The van der Waals surface area contributed by atoms with E-state index in [0.29, 0.717) is 6.10 Å². The number of ether oxygens (including phenoxy) is 1. The monoisotopic (exact) mass is 234 g/mol. The molecule has 0 aromatic heterocycles. The minimum absolute atomic E-state index is 0.432. The van der Waals surface area contributed by atoms with E-state index >= 15 is 0 Å². The summed E-state index contributed by atoms with van der Waals surface area (Å²) in [6.07, 6.45) is 19.5. The highest BCUT2D eigenvalue weighted by molar-refractivity contribution is 5.03. The van der Waals surface area contributed by atoms with Crippen molar-refractivity contribution in [3.8, 4) is 0 Å². The van der Waals surface area contributed by atoms with Gasteiger partial charge in [-0.2, -0.15) is 0 Å². The van der Waals surface area contributed by atoms with Crippen LogP contribution in [0, 0.1) is 0 Å². The van der Waals surface area contributed by atoms with Crippen LogP contribution in [-0.4, -0.2) is 6.10 Å². The van der Waals surface area contributed by atoms with Gasteiger partial charge in [0.05, 0.1) is 5.76 Å². The highest BCUT2D eigenvalue weighted by Gasteiger charge is 2.16. The molecule has 0 aromatic rings. The third-order valence-electron chi connectivity index (χ3n) is 2.94. The fourth-order valence-electron chi connectivity index (χ4n) is 1.99. The first kappa shape index (κ1) is 14.1. The van der Waals surface area contributed by atoms with E-state index in [1.165, 1.54) is 5.76 Å². The van der Waals surface area contributed by atoms with Crippen LogP contribution in [0.15, 0.2) is 36.1 Å². The van der Waals surface area contributed by atoms with Gasteiger partial charge in [-0.25, -0.2) is 0 Å². The standard InChI is InChI=1S/C16H26O/c1-3-5-7-9-11-15-13-14-16(17-15)12-10-8-6-4-2/h5-8,13,16H,3-4,9-12,14H2,1-2H3. The molecule has 0 N–H and O–H groups in total. The molecule has 0 aliphatic carbocycles. The van der Waals surface area contributed by atoms with E-state index in [2.05, 4.69) is 44.2 Å². The summed E-state index contributed by atoms with van der Waals surface area (Å²) in [5, 5.41) is 0. The Morgan fingerprint density at radius 3 is 2.53 bits per heavy atom. The van der Waals surface area contributed by atoms with Crippen molar-refractivity contribution < 1.29 is 4.74 Å². The van der Waals surface area contributed by atoms with Gasteiger partial charge in [-0.3, -0.25) is 0 Å². The van der Waals surface area contributed by atoms with E-state index in [4.69, 9.17) is 4.74 Å². The fourth-order valence-corrected chi connectivity index (χ4v) is 1.99. The quantitative estimate of drug-likeness (QED) is 0.528. The van der Waals surface area contributed by atoms with Crippen molar-refractivity contribution in [1.29, 1.82) is 0 Å². The van der Waals surface area contributed by atoms with Crippen LogP contribution in [0.1, 0.15) is 58.8 Å². The Balaban J connectivity index is 2.09. The van der Waals surface area contributed by atoms with Gasteiger partial charge >= 0.3 is 0 Å². The van der Waals surface area contributed by atoms with Gasteiger partial charge in [0.25, 0.3) is 0 Å². The molecule has 0 fully saturated rings. The largest absolute Gasteiger partial charge is 0.495 e. The minimum atomic E-state index is 0.432. The van der Waals surface area contributed by atoms with E-state index in [1.807, 2.05) is 0 Å². The Bertz CT molecular complexity index is 273. The topological polar surface area (TPSA) is 9.23 Å². The first-order valence-corrected chi connectivity index (χ1v) is 7.02. The Hall–Kier alpha value is -0.980. The molecule has 0 spiro atoms. The summed E-state index contributed by atoms with van der Waals surface area (Å²) in [7, 11) is 0. The van der Waals surface area contributed by atoms with Gasteiger partial charge in [0, 0.05) is 12.8 Å². The van der Waals surface area contributed by atoms with E-state index in [9.17, 15) is 0 Å². The molecule has 0 aromatic carbocycles. The van der Waals surface area contributed by atoms with E-state index < -0.39 is 0 Å². The van der Waals surface area contributed by atoms with Crippen molar-refractivity contribution in [2.24, 2.45) is 0 Å². The molecule has 96 valence electrons. The zero-order chi connectivity index (χ0) is 12.3. The van der Waals surface area contributed by atoms with Gasteiger partial charge in [-0.15, -0.1) is 0 Å². The molecule has 0 saturated heterocycles. The summed E-state index contributed by atoms with van der Waals surface area (Å²) in [6.45, 7) is 4.34. The lowest BCUT2D eigenvalue weighted by Gasteiger charge is -2.11. The second-order valence-electron chi connectivity index (χ2n) is 4.52. The molecule has 0 saturated carbocycles.